The van der Waals surface area contributed by atoms with Gasteiger partial charge < -0.3 is 30.0 Å². The Morgan fingerprint density at radius 1 is 0.844 bits per heavy atom. The zero-order valence-corrected chi connectivity index (χ0v) is 26.9. The molecule has 0 aliphatic carbocycles. The van der Waals surface area contributed by atoms with Crippen molar-refractivity contribution in [2.24, 2.45) is 0 Å². The van der Waals surface area contributed by atoms with Crippen LogP contribution in [0.1, 0.15) is 122 Å². The Bertz CT molecular complexity index is 1870. The molecule has 2 aliphatic heterocycles. The van der Waals surface area contributed by atoms with Crippen LogP contribution >= 0.6 is 0 Å². The van der Waals surface area contributed by atoms with Crippen molar-refractivity contribution in [2.75, 3.05) is 7.11 Å². The molecule has 10 heteroatoms. The van der Waals surface area contributed by atoms with E-state index in [0.29, 0.717) is 24.2 Å². The molecule has 0 radical (unpaired) electrons. The first-order valence-corrected chi connectivity index (χ1v) is 15.4. The smallest absolute Gasteiger partial charge is 0.303 e. The van der Waals surface area contributed by atoms with Crippen LogP contribution in [-0.4, -0.2) is 54.3 Å². The van der Waals surface area contributed by atoms with Crippen LogP contribution in [0.2, 0.25) is 0 Å². The summed E-state index contributed by atoms with van der Waals surface area (Å²) in [6.07, 6.45) is -0.305. The minimum Gasteiger partial charge on any atom is -0.481 e. The number of aromatic amines is 2. The number of nitrogens with zero attached hydrogens (tertiary/aromatic N) is 2. The molecule has 3 aromatic heterocycles. The highest BCUT2D eigenvalue weighted by molar-refractivity contribution is 5.93. The Morgan fingerprint density at radius 2 is 1.47 bits per heavy atom. The van der Waals surface area contributed by atoms with Crippen LogP contribution in [0, 0.1) is 13.8 Å². The molecule has 3 aromatic rings. The van der Waals surface area contributed by atoms with Gasteiger partial charge in [0.25, 0.3) is 0 Å². The van der Waals surface area contributed by atoms with E-state index in [0.717, 1.165) is 66.9 Å². The number of rotatable bonds is 9. The van der Waals surface area contributed by atoms with Gasteiger partial charge in [-0.05, 0) is 94.0 Å². The number of carbonyl (C=O) groups is 2. The normalized spacial score (nSPS) is 17.9. The highest BCUT2D eigenvalue weighted by Crippen LogP contribution is 2.42. The van der Waals surface area contributed by atoms with Crippen LogP contribution in [0.4, 0.5) is 0 Å². The Kier molecular flexibility index (Phi) is 9.00. The largest absolute Gasteiger partial charge is 0.481 e. The number of hydrogen-bond acceptors (Lipinski definition) is 6. The van der Waals surface area contributed by atoms with E-state index in [2.05, 4.69) is 9.97 Å². The van der Waals surface area contributed by atoms with Gasteiger partial charge in [0.1, 0.15) is 0 Å². The molecule has 10 nitrogen and oxygen atoms in total. The third-order valence-electron chi connectivity index (χ3n) is 9.41. The highest BCUT2D eigenvalue weighted by Gasteiger charge is 2.30. The van der Waals surface area contributed by atoms with Crippen molar-refractivity contribution in [2.45, 2.75) is 91.3 Å². The second kappa shape index (κ2) is 12.6. The van der Waals surface area contributed by atoms with Crippen LogP contribution in [0.25, 0.3) is 33.2 Å². The monoisotopic (exact) mass is 614 g/mol. The fraction of sp³-hybridized carbons (Fsp3) is 0.429. The van der Waals surface area contributed by atoms with E-state index in [9.17, 15) is 24.9 Å². The van der Waals surface area contributed by atoms with Crippen molar-refractivity contribution in [1.82, 2.24) is 19.9 Å². The van der Waals surface area contributed by atoms with Crippen LogP contribution in [0.15, 0.2) is 24.3 Å². The zero-order chi connectivity index (χ0) is 32.7. The third kappa shape index (κ3) is 6.17. The lowest BCUT2D eigenvalue weighted by Crippen LogP contribution is -2.06. The number of ether oxygens (including phenoxy) is 1. The summed E-state index contributed by atoms with van der Waals surface area (Å²) < 4.78 is 5.77. The number of nitrogens with one attached hydrogen (secondary N) is 2. The number of H-pyrrole nitrogens is 2. The summed E-state index contributed by atoms with van der Waals surface area (Å²) in [5.74, 6) is -2.01. The first-order chi connectivity index (χ1) is 21.3. The second-order valence-corrected chi connectivity index (χ2v) is 12.3. The molecule has 45 heavy (non-hydrogen) atoms. The lowest BCUT2D eigenvalue weighted by molar-refractivity contribution is -0.138. The molecule has 238 valence electrons. The van der Waals surface area contributed by atoms with Gasteiger partial charge in [-0.1, -0.05) is 6.92 Å². The summed E-state index contributed by atoms with van der Waals surface area (Å²) in [6, 6.07) is 7.88. The van der Waals surface area contributed by atoms with Gasteiger partial charge in [0.05, 0.1) is 23.6 Å². The van der Waals surface area contributed by atoms with Gasteiger partial charge in [-0.2, -0.15) is 0 Å². The number of aliphatic hydroxyl groups excluding tert-OH is 1. The molecule has 5 rings (SSSR count). The average Bonchev–Trinajstić information content (AvgIpc) is 3.63. The molecule has 0 amide bonds. The van der Waals surface area contributed by atoms with Crippen LogP contribution < -0.4 is 0 Å². The molecular weight excluding hydrogens is 572 g/mol. The zero-order valence-electron chi connectivity index (χ0n) is 26.9. The van der Waals surface area contributed by atoms with Gasteiger partial charge in [0.15, 0.2) is 0 Å². The number of carboxylic acid groups (broad SMARTS) is 2. The molecule has 0 fully saturated rings. The maximum Gasteiger partial charge on any atom is 0.303 e. The van der Waals surface area contributed by atoms with E-state index in [-0.39, 0.29) is 30.8 Å². The predicted octanol–water partition coefficient (Wildman–Crippen LogP) is 7.24. The molecule has 0 saturated carbocycles. The number of aromatic nitrogens is 4. The first-order valence-electron chi connectivity index (χ1n) is 15.4. The standard InChI is InChI=1S/C35H42N4O6/c1-16-22(8-10-32(41)42)28-15-29-23(9-11-33(43)44)17(2)25(37-29)13-31-35(21(6)45-7)19(4)27(39-31)14-30-34(20(5)40)18(3)26(38-30)12-24(16)36-28/h12-16,20-22,38-40H,8-11H2,1-7H3,(H,41,42)(H,43,44). The van der Waals surface area contributed by atoms with Crippen molar-refractivity contribution >= 4 is 45.2 Å². The molecule has 0 saturated heterocycles. The lowest BCUT2D eigenvalue weighted by Gasteiger charge is -2.15. The third-order valence-corrected chi connectivity index (χ3v) is 9.41. The van der Waals surface area contributed by atoms with Crippen LogP contribution in [-0.2, 0) is 14.3 Å². The molecule has 5 heterocycles. The Hall–Kier alpha value is -4.28. The second-order valence-electron chi connectivity index (χ2n) is 12.3. The fourth-order valence-corrected chi connectivity index (χ4v) is 6.78. The molecule has 0 spiro atoms. The van der Waals surface area contributed by atoms with Crippen molar-refractivity contribution in [1.29, 1.82) is 0 Å². The Labute approximate surface area is 262 Å². The SMILES string of the molecule is COC(C)c1c(C)c2cc3[nH]c(cc4nc(cc5nc(cc1[nH]2)C(C)=C5CCC(=O)O)C(CCC(=O)O)C4C)c(C)c3C(C)O. The topological polar surface area (TPSA) is 161 Å². The molecule has 0 aromatic carbocycles. The minimum absolute atomic E-state index is 0.00489. The van der Waals surface area contributed by atoms with E-state index in [4.69, 9.17) is 14.7 Å². The molecule has 4 atom stereocenters. The number of aryl methyl sites for hydroxylation is 2. The number of aliphatic carboxylic acids is 2. The van der Waals surface area contributed by atoms with Gasteiger partial charge in [-0.3, -0.25) is 14.6 Å². The summed E-state index contributed by atoms with van der Waals surface area (Å²) in [5.41, 5.74) is 11.5. The van der Waals surface area contributed by atoms with Crippen molar-refractivity contribution in [3.05, 3.63) is 69.3 Å². The van der Waals surface area contributed by atoms with Crippen LogP contribution in [0.5, 0.6) is 0 Å². The number of methoxy groups -OCH3 is 1. The predicted molar refractivity (Wildman–Crippen MR) is 174 cm³/mol. The van der Waals surface area contributed by atoms with Gasteiger partial charge in [0.2, 0.25) is 0 Å². The van der Waals surface area contributed by atoms with E-state index in [1.807, 2.05) is 58.9 Å². The molecule has 4 unspecified atom stereocenters. The van der Waals surface area contributed by atoms with E-state index in [1.54, 1.807) is 14.0 Å². The van der Waals surface area contributed by atoms with Gasteiger partial charge in [-0.25, -0.2) is 4.98 Å². The fourth-order valence-electron chi connectivity index (χ4n) is 6.78. The minimum atomic E-state index is -0.893. The summed E-state index contributed by atoms with van der Waals surface area (Å²) in [7, 11) is 1.67. The van der Waals surface area contributed by atoms with Crippen molar-refractivity contribution in [3.63, 3.8) is 0 Å². The van der Waals surface area contributed by atoms with Crippen LogP contribution in [0.3, 0.4) is 0 Å². The summed E-state index contributed by atoms with van der Waals surface area (Å²) in [6.45, 7) is 11.7. The summed E-state index contributed by atoms with van der Waals surface area (Å²) in [5, 5.41) is 29.9. The molecular formula is C35H42N4O6. The van der Waals surface area contributed by atoms with Gasteiger partial charge >= 0.3 is 11.9 Å². The van der Waals surface area contributed by atoms with Crippen molar-refractivity contribution < 1.29 is 29.6 Å². The number of fused-ring (bicyclic) bond motifs is 8. The summed E-state index contributed by atoms with van der Waals surface area (Å²) in [4.78, 5) is 40.3. The molecule has 8 bridgehead atoms. The van der Waals surface area contributed by atoms with E-state index in [1.165, 1.54) is 0 Å². The number of allylic oxidation sites excluding steroid dienone is 2. The number of carboxylic acids is 2. The first kappa shape index (κ1) is 32.1. The quantitative estimate of drug-likeness (QED) is 0.168. The lowest BCUT2D eigenvalue weighted by atomic mass is 9.87. The summed E-state index contributed by atoms with van der Waals surface area (Å²) >= 11 is 0. The maximum absolute atomic E-state index is 11.6. The Balaban J connectivity index is 1.93. The average molecular weight is 615 g/mol. The van der Waals surface area contributed by atoms with E-state index >= 15 is 0 Å². The number of hydrogen-bond donors (Lipinski definition) is 5. The highest BCUT2D eigenvalue weighted by atomic mass is 16.5. The van der Waals surface area contributed by atoms with E-state index < -0.39 is 18.0 Å². The number of aliphatic hydroxyl groups is 1. The van der Waals surface area contributed by atoms with Gasteiger partial charge in [0, 0.05) is 76.4 Å². The Morgan fingerprint density at radius 3 is 2.09 bits per heavy atom. The maximum atomic E-state index is 11.6. The molecule has 2 aliphatic rings. The molecule has 5 N–H and O–H groups in total. The van der Waals surface area contributed by atoms with Gasteiger partial charge in [-0.15, -0.1) is 0 Å². The van der Waals surface area contributed by atoms with Crippen molar-refractivity contribution in [3.8, 4) is 0 Å².